The molecule has 5 nitrogen and oxygen atoms in total. The molecule has 0 bridgehead atoms. The number of benzene rings is 1. The van der Waals surface area contributed by atoms with Crippen molar-refractivity contribution < 1.29 is 19.1 Å². The van der Waals surface area contributed by atoms with E-state index in [0.717, 1.165) is 5.56 Å². The molecule has 0 aliphatic heterocycles. The van der Waals surface area contributed by atoms with Crippen molar-refractivity contribution in [1.29, 1.82) is 5.41 Å². The van der Waals surface area contributed by atoms with Gasteiger partial charge < -0.3 is 9.47 Å². The van der Waals surface area contributed by atoms with Gasteiger partial charge in [0.05, 0.1) is 0 Å². The smallest absolute Gasteiger partial charge is 0.353 e. The molecule has 1 rings (SSSR count). The molecule has 0 unspecified atom stereocenters. The molecule has 0 saturated carbocycles. The summed E-state index contributed by atoms with van der Waals surface area (Å²) in [6.07, 6.45) is 2.11. The molecule has 136 valence electrons. The van der Waals surface area contributed by atoms with E-state index >= 15 is 0 Å². The molecule has 0 amide bonds. The van der Waals surface area contributed by atoms with Crippen LogP contribution in [0.3, 0.4) is 0 Å². The van der Waals surface area contributed by atoms with Crippen LogP contribution in [0.4, 0.5) is 0 Å². The minimum absolute atomic E-state index is 0.160. The molecule has 0 saturated heterocycles. The molecule has 25 heavy (non-hydrogen) atoms. The minimum atomic E-state index is -0.666. The van der Waals surface area contributed by atoms with Crippen molar-refractivity contribution in [1.82, 2.24) is 0 Å². The summed E-state index contributed by atoms with van der Waals surface area (Å²) < 4.78 is 10.5. The maximum atomic E-state index is 12.1. The van der Waals surface area contributed by atoms with E-state index in [1.807, 2.05) is 37.3 Å². The van der Waals surface area contributed by atoms with Crippen molar-refractivity contribution in [2.45, 2.75) is 53.2 Å². The van der Waals surface area contributed by atoms with Gasteiger partial charge in [0.25, 0.3) is 0 Å². The van der Waals surface area contributed by atoms with Crippen LogP contribution in [0, 0.1) is 11.3 Å². The third kappa shape index (κ3) is 7.33. The van der Waals surface area contributed by atoms with Gasteiger partial charge in [-0.15, -0.1) is 0 Å². The summed E-state index contributed by atoms with van der Waals surface area (Å²) in [6.45, 7) is 8.91. The van der Waals surface area contributed by atoms with Gasteiger partial charge in [-0.3, -0.25) is 5.41 Å². The van der Waals surface area contributed by atoms with Crippen LogP contribution in [-0.4, -0.2) is 23.3 Å². The number of allylic oxidation sites excluding steroid dienone is 1. The third-order valence-corrected chi connectivity index (χ3v) is 3.42. The molecule has 0 aliphatic rings. The SMILES string of the molecule is CC[C@@H](C=C(C)C(=O)OCc1ccccc1)C(=N)C(=O)OC(C)(C)C. The van der Waals surface area contributed by atoms with E-state index in [1.54, 1.807) is 33.8 Å². The monoisotopic (exact) mass is 345 g/mol. The highest BCUT2D eigenvalue weighted by atomic mass is 16.6. The summed E-state index contributed by atoms with van der Waals surface area (Å²) in [5, 5.41) is 8.03. The van der Waals surface area contributed by atoms with E-state index in [2.05, 4.69) is 0 Å². The second-order valence-corrected chi connectivity index (χ2v) is 6.84. The Hall–Kier alpha value is -2.43. The standard InChI is InChI=1S/C20H27NO4/c1-6-16(17(21)19(23)25-20(3,4)5)12-14(2)18(22)24-13-15-10-8-7-9-11-15/h7-12,16,21H,6,13H2,1-5H3/t16-/m0/s1. The Morgan fingerprint density at radius 2 is 1.76 bits per heavy atom. The normalized spacial score (nSPS) is 13.1. The molecule has 5 heteroatoms. The maximum Gasteiger partial charge on any atom is 0.353 e. The predicted molar refractivity (Wildman–Crippen MR) is 97.3 cm³/mol. The summed E-state index contributed by atoms with van der Waals surface area (Å²) >= 11 is 0. The number of carbonyl (C=O) groups excluding carboxylic acids is 2. The molecule has 0 aromatic heterocycles. The van der Waals surface area contributed by atoms with Gasteiger partial charge >= 0.3 is 11.9 Å². The summed E-state index contributed by atoms with van der Waals surface area (Å²) in [5.74, 6) is -1.61. The van der Waals surface area contributed by atoms with E-state index in [-0.39, 0.29) is 12.3 Å². The van der Waals surface area contributed by atoms with Gasteiger partial charge in [-0.2, -0.15) is 0 Å². The second kappa shape index (κ2) is 9.16. The van der Waals surface area contributed by atoms with E-state index in [1.165, 1.54) is 0 Å². The van der Waals surface area contributed by atoms with Gasteiger partial charge in [-0.25, -0.2) is 9.59 Å². The van der Waals surface area contributed by atoms with Crippen LogP contribution >= 0.6 is 0 Å². The Bertz CT molecular complexity index is 641. The molecule has 0 radical (unpaired) electrons. The number of hydrogen-bond donors (Lipinski definition) is 1. The first-order chi connectivity index (χ1) is 11.6. The van der Waals surface area contributed by atoms with E-state index in [0.29, 0.717) is 12.0 Å². The Balaban J connectivity index is 2.70. The molecule has 1 N–H and O–H groups in total. The quantitative estimate of drug-likeness (QED) is 0.459. The van der Waals surface area contributed by atoms with Crippen LogP contribution < -0.4 is 0 Å². The van der Waals surface area contributed by atoms with E-state index in [9.17, 15) is 9.59 Å². The van der Waals surface area contributed by atoms with Crippen molar-refractivity contribution in [2.24, 2.45) is 5.92 Å². The lowest BCUT2D eigenvalue weighted by Crippen LogP contribution is -2.32. The number of carbonyl (C=O) groups is 2. The molecule has 0 fully saturated rings. The fraction of sp³-hybridized carbons (Fsp3) is 0.450. The topological polar surface area (TPSA) is 76.5 Å². The molecule has 0 aliphatic carbocycles. The van der Waals surface area contributed by atoms with Gasteiger partial charge in [0.2, 0.25) is 0 Å². The molecule has 1 aromatic carbocycles. The molecule has 1 atom stereocenters. The lowest BCUT2D eigenvalue weighted by Gasteiger charge is -2.21. The van der Waals surface area contributed by atoms with Crippen LogP contribution in [0.5, 0.6) is 0 Å². The fourth-order valence-electron chi connectivity index (χ4n) is 2.10. The van der Waals surface area contributed by atoms with Crippen LogP contribution in [0.15, 0.2) is 42.0 Å². The maximum absolute atomic E-state index is 12.1. The first kappa shape index (κ1) is 20.6. The highest BCUT2D eigenvalue weighted by Gasteiger charge is 2.25. The summed E-state index contributed by atoms with van der Waals surface area (Å²) in [5.41, 5.74) is 0.454. The highest BCUT2D eigenvalue weighted by molar-refractivity contribution is 6.36. The molecule has 0 spiro atoms. The van der Waals surface area contributed by atoms with Gasteiger partial charge in [0.15, 0.2) is 0 Å². The molecular weight excluding hydrogens is 318 g/mol. The number of ether oxygens (including phenoxy) is 2. The number of nitrogens with one attached hydrogen (secondary N) is 1. The average Bonchev–Trinajstić information content (AvgIpc) is 2.56. The van der Waals surface area contributed by atoms with Gasteiger partial charge in [0, 0.05) is 11.5 Å². The fourth-order valence-corrected chi connectivity index (χ4v) is 2.10. The molecular formula is C20H27NO4. The van der Waals surface area contributed by atoms with Crippen molar-refractivity contribution in [3.63, 3.8) is 0 Å². The largest absolute Gasteiger partial charge is 0.457 e. The summed E-state index contributed by atoms with van der Waals surface area (Å²) in [4.78, 5) is 24.1. The number of rotatable bonds is 7. The van der Waals surface area contributed by atoms with Crippen molar-refractivity contribution >= 4 is 17.7 Å². The Kier molecular flexibility index (Phi) is 7.55. The summed E-state index contributed by atoms with van der Waals surface area (Å²) in [7, 11) is 0. The lowest BCUT2D eigenvalue weighted by atomic mass is 9.97. The summed E-state index contributed by atoms with van der Waals surface area (Å²) in [6, 6.07) is 9.39. The molecule has 1 aromatic rings. The van der Waals surface area contributed by atoms with Gasteiger partial charge in [0.1, 0.15) is 17.9 Å². The zero-order valence-electron chi connectivity index (χ0n) is 15.6. The first-order valence-electron chi connectivity index (χ1n) is 8.35. The Labute approximate surface area is 149 Å². The van der Waals surface area contributed by atoms with Gasteiger partial charge in [-0.05, 0) is 39.7 Å². The average molecular weight is 345 g/mol. The van der Waals surface area contributed by atoms with E-state index < -0.39 is 23.5 Å². The zero-order valence-corrected chi connectivity index (χ0v) is 15.6. The van der Waals surface area contributed by atoms with Crippen LogP contribution in [0.2, 0.25) is 0 Å². The van der Waals surface area contributed by atoms with Crippen molar-refractivity contribution in [3.05, 3.63) is 47.5 Å². The second-order valence-electron chi connectivity index (χ2n) is 6.84. The number of esters is 2. The Morgan fingerprint density at radius 1 is 1.16 bits per heavy atom. The zero-order chi connectivity index (χ0) is 19.0. The Morgan fingerprint density at radius 3 is 2.28 bits per heavy atom. The van der Waals surface area contributed by atoms with Crippen molar-refractivity contribution in [2.75, 3.05) is 0 Å². The molecule has 0 heterocycles. The minimum Gasteiger partial charge on any atom is -0.457 e. The predicted octanol–water partition coefficient (Wildman–Crippen LogP) is 4.06. The van der Waals surface area contributed by atoms with Gasteiger partial charge in [-0.1, -0.05) is 43.3 Å². The van der Waals surface area contributed by atoms with Crippen LogP contribution in [0.25, 0.3) is 0 Å². The van der Waals surface area contributed by atoms with Crippen LogP contribution in [0.1, 0.15) is 46.6 Å². The van der Waals surface area contributed by atoms with Crippen LogP contribution in [-0.2, 0) is 25.7 Å². The van der Waals surface area contributed by atoms with E-state index in [4.69, 9.17) is 14.9 Å². The number of hydrogen-bond acceptors (Lipinski definition) is 5. The lowest BCUT2D eigenvalue weighted by molar-refractivity contribution is -0.146. The third-order valence-electron chi connectivity index (χ3n) is 3.42. The first-order valence-corrected chi connectivity index (χ1v) is 8.35. The van der Waals surface area contributed by atoms with Crippen molar-refractivity contribution in [3.8, 4) is 0 Å². The highest BCUT2D eigenvalue weighted by Crippen LogP contribution is 2.15.